The second-order valence-corrected chi connectivity index (χ2v) is 5.57. The van der Waals surface area contributed by atoms with Crippen LogP contribution in [0.15, 0.2) is 12.1 Å². The quantitative estimate of drug-likeness (QED) is 0.641. The highest BCUT2D eigenvalue weighted by Gasteiger charge is 2.30. The van der Waals surface area contributed by atoms with E-state index in [4.69, 9.17) is 10.6 Å². The molecule has 1 aliphatic rings. The summed E-state index contributed by atoms with van der Waals surface area (Å²) >= 11 is 0. The number of hydrogen-bond acceptors (Lipinski definition) is 5. The zero-order valence-electron chi connectivity index (χ0n) is 12.3. The maximum atomic E-state index is 12.6. The summed E-state index contributed by atoms with van der Waals surface area (Å²) in [6.45, 7) is 7.73. The van der Waals surface area contributed by atoms with Crippen molar-refractivity contribution in [2.75, 3.05) is 25.1 Å². The van der Waals surface area contributed by atoms with E-state index in [0.717, 1.165) is 12.1 Å². The number of hydrogen-bond donors (Lipinski definition) is 2. The van der Waals surface area contributed by atoms with Gasteiger partial charge in [0.05, 0.1) is 12.2 Å². The van der Waals surface area contributed by atoms with E-state index in [1.807, 2.05) is 31.7 Å². The Morgan fingerprint density at radius 2 is 2.30 bits per heavy atom. The Bertz CT molecular complexity index is 480. The molecule has 0 saturated carbocycles. The van der Waals surface area contributed by atoms with Crippen molar-refractivity contribution in [2.45, 2.75) is 32.8 Å². The van der Waals surface area contributed by atoms with Gasteiger partial charge in [-0.25, -0.2) is 10.8 Å². The standard InChI is InChI=1S/C14H22N4O2/c1-4-11-7-10(8-12(16-11)17-15)13(19)18-5-6-20-14(2,3)9-18/h7-8H,4-6,9,15H2,1-3H3,(H,16,17). The van der Waals surface area contributed by atoms with Gasteiger partial charge in [-0.05, 0) is 32.4 Å². The molecule has 2 rings (SSSR count). The SMILES string of the molecule is CCc1cc(C(=O)N2CCOC(C)(C)C2)cc(NN)n1. The molecule has 0 atom stereocenters. The number of anilines is 1. The number of nitrogen functional groups attached to an aromatic ring is 1. The highest BCUT2D eigenvalue weighted by Crippen LogP contribution is 2.20. The fraction of sp³-hybridized carbons (Fsp3) is 0.571. The van der Waals surface area contributed by atoms with Gasteiger partial charge in [-0.1, -0.05) is 6.92 Å². The lowest BCUT2D eigenvalue weighted by molar-refractivity contribution is -0.0764. The molecule has 1 fully saturated rings. The molecular weight excluding hydrogens is 256 g/mol. The summed E-state index contributed by atoms with van der Waals surface area (Å²) in [4.78, 5) is 18.7. The number of hydrazine groups is 1. The first-order valence-corrected chi connectivity index (χ1v) is 6.86. The molecule has 6 nitrogen and oxygen atoms in total. The molecule has 0 aromatic carbocycles. The van der Waals surface area contributed by atoms with Gasteiger partial charge < -0.3 is 15.1 Å². The summed E-state index contributed by atoms with van der Waals surface area (Å²) in [6, 6.07) is 3.51. The third-order valence-electron chi connectivity index (χ3n) is 3.35. The molecule has 1 aliphatic heterocycles. The molecule has 1 amide bonds. The van der Waals surface area contributed by atoms with Crippen molar-refractivity contribution < 1.29 is 9.53 Å². The van der Waals surface area contributed by atoms with Crippen LogP contribution < -0.4 is 11.3 Å². The van der Waals surface area contributed by atoms with Crippen molar-refractivity contribution in [3.63, 3.8) is 0 Å². The highest BCUT2D eigenvalue weighted by molar-refractivity contribution is 5.95. The number of amides is 1. The minimum absolute atomic E-state index is 0.00465. The molecular formula is C14H22N4O2. The van der Waals surface area contributed by atoms with E-state index in [1.165, 1.54) is 0 Å². The summed E-state index contributed by atoms with van der Waals surface area (Å²) in [7, 11) is 0. The number of aryl methyl sites for hydroxylation is 1. The predicted molar refractivity (Wildman–Crippen MR) is 77.4 cm³/mol. The smallest absolute Gasteiger partial charge is 0.254 e. The topological polar surface area (TPSA) is 80.5 Å². The number of nitrogens with two attached hydrogens (primary N) is 1. The van der Waals surface area contributed by atoms with E-state index >= 15 is 0 Å². The van der Waals surface area contributed by atoms with Gasteiger partial charge in [-0.3, -0.25) is 4.79 Å². The van der Waals surface area contributed by atoms with Crippen molar-refractivity contribution in [2.24, 2.45) is 5.84 Å². The predicted octanol–water partition coefficient (Wildman–Crippen LogP) is 1.18. The molecule has 0 spiro atoms. The lowest BCUT2D eigenvalue weighted by Gasteiger charge is -2.38. The summed E-state index contributed by atoms with van der Waals surface area (Å²) in [5, 5.41) is 0. The van der Waals surface area contributed by atoms with Crippen molar-refractivity contribution in [3.05, 3.63) is 23.4 Å². The van der Waals surface area contributed by atoms with Crippen LogP contribution in [0.4, 0.5) is 5.82 Å². The van der Waals surface area contributed by atoms with Crippen LogP contribution in [0, 0.1) is 0 Å². The van der Waals surface area contributed by atoms with Gasteiger partial charge in [-0.2, -0.15) is 0 Å². The number of pyridine rings is 1. The molecule has 1 aromatic rings. The van der Waals surface area contributed by atoms with Crippen LogP contribution in [0.2, 0.25) is 0 Å². The van der Waals surface area contributed by atoms with Gasteiger partial charge in [0.15, 0.2) is 0 Å². The molecule has 1 saturated heterocycles. The van der Waals surface area contributed by atoms with Crippen LogP contribution in [0.1, 0.15) is 36.8 Å². The summed E-state index contributed by atoms with van der Waals surface area (Å²) in [5.74, 6) is 5.92. The number of rotatable bonds is 3. The summed E-state index contributed by atoms with van der Waals surface area (Å²) < 4.78 is 5.63. The second-order valence-electron chi connectivity index (χ2n) is 5.57. The average molecular weight is 278 g/mol. The molecule has 2 heterocycles. The maximum absolute atomic E-state index is 12.6. The summed E-state index contributed by atoms with van der Waals surface area (Å²) in [6.07, 6.45) is 0.754. The van der Waals surface area contributed by atoms with E-state index < -0.39 is 0 Å². The fourth-order valence-electron chi connectivity index (χ4n) is 2.34. The van der Waals surface area contributed by atoms with Gasteiger partial charge in [0.2, 0.25) is 0 Å². The average Bonchev–Trinajstić information content (AvgIpc) is 2.44. The Balaban J connectivity index is 2.24. The van der Waals surface area contributed by atoms with Crippen LogP contribution in [-0.4, -0.2) is 41.1 Å². The van der Waals surface area contributed by atoms with Gasteiger partial charge >= 0.3 is 0 Å². The zero-order valence-corrected chi connectivity index (χ0v) is 12.3. The molecule has 0 radical (unpaired) electrons. The molecule has 3 N–H and O–H groups in total. The van der Waals surface area contributed by atoms with E-state index in [0.29, 0.717) is 31.1 Å². The zero-order chi connectivity index (χ0) is 14.8. The van der Waals surface area contributed by atoms with E-state index in [9.17, 15) is 4.79 Å². The molecule has 0 aliphatic carbocycles. The Morgan fingerprint density at radius 3 is 2.90 bits per heavy atom. The molecule has 110 valence electrons. The van der Waals surface area contributed by atoms with E-state index in [2.05, 4.69) is 10.4 Å². The molecule has 6 heteroatoms. The molecule has 20 heavy (non-hydrogen) atoms. The van der Waals surface area contributed by atoms with E-state index in [1.54, 1.807) is 6.07 Å². The van der Waals surface area contributed by atoms with Crippen LogP contribution >= 0.6 is 0 Å². The Labute approximate surface area is 119 Å². The maximum Gasteiger partial charge on any atom is 0.254 e. The lowest BCUT2D eigenvalue weighted by Crippen LogP contribution is -2.50. The van der Waals surface area contributed by atoms with Crippen LogP contribution in [0.25, 0.3) is 0 Å². The third-order valence-corrected chi connectivity index (χ3v) is 3.35. The normalized spacial score (nSPS) is 17.9. The number of nitrogens with one attached hydrogen (secondary N) is 1. The minimum Gasteiger partial charge on any atom is -0.372 e. The number of nitrogens with zero attached hydrogens (tertiary/aromatic N) is 2. The summed E-state index contributed by atoms with van der Waals surface area (Å²) in [5.41, 5.74) is 3.66. The molecule has 1 aromatic heterocycles. The first-order chi connectivity index (χ1) is 9.45. The third kappa shape index (κ3) is 3.26. The van der Waals surface area contributed by atoms with Crippen molar-refractivity contribution in [1.82, 2.24) is 9.88 Å². The van der Waals surface area contributed by atoms with Crippen LogP contribution in [0.5, 0.6) is 0 Å². The van der Waals surface area contributed by atoms with Crippen LogP contribution in [0.3, 0.4) is 0 Å². The van der Waals surface area contributed by atoms with Gasteiger partial charge in [0, 0.05) is 24.3 Å². The number of ether oxygens (including phenoxy) is 1. The van der Waals surface area contributed by atoms with Crippen molar-refractivity contribution >= 4 is 11.7 Å². The van der Waals surface area contributed by atoms with Crippen molar-refractivity contribution in [1.29, 1.82) is 0 Å². The fourth-order valence-corrected chi connectivity index (χ4v) is 2.34. The lowest BCUT2D eigenvalue weighted by atomic mass is 10.1. The highest BCUT2D eigenvalue weighted by atomic mass is 16.5. The number of carbonyl (C=O) groups is 1. The van der Waals surface area contributed by atoms with Crippen LogP contribution in [-0.2, 0) is 11.2 Å². The Hall–Kier alpha value is -1.66. The number of carbonyl (C=O) groups excluding carboxylic acids is 1. The van der Waals surface area contributed by atoms with Gasteiger partial charge in [0.25, 0.3) is 5.91 Å². The van der Waals surface area contributed by atoms with Gasteiger partial charge in [-0.15, -0.1) is 0 Å². The second kappa shape index (κ2) is 5.76. The minimum atomic E-state index is -0.302. The Kier molecular flexibility index (Phi) is 4.25. The first kappa shape index (κ1) is 14.7. The number of morpholine rings is 1. The number of aromatic nitrogens is 1. The van der Waals surface area contributed by atoms with E-state index in [-0.39, 0.29) is 11.5 Å². The molecule has 0 unspecified atom stereocenters. The largest absolute Gasteiger partial charge is 0.372 e. The monoisotopic (exact) mass is 278 g/mol. The first-order valence-electron chi connectivity index (χ1n) is 6.86. The molecule has 0 bridgehead atoms. The van der Waals surface area contributed by atoms with Gasteiger partial charge in [0.1, 0.15) is 5.82 Å². The van der Waals surface area contributed by atoms with Crippen molar-refractivity contribution in [3.8, 4) is 0 Å². The Morgan fingerprint density at radius 1 is 1.55 bits per heavy atom.